The minimum absolute atomic E-state index is 0.0203. The van der Waals surface area contributed by atoms with Crippen LogP contribution in [-0.2, 0) is 11.8 Å². The maximum Gasteiger partial charge on any atom is 0.345 e. The molecule has 0 unspecified atom stereocenters. The molecule has 23 heavy (non-hydrogen) atoms. The van der Waals surface area contributed by atoms with Gasteiger partial charge in [-0.15, -0.1) is 0 Å². The Bertz CT molecular complexity index is 644. The first-order valence-corrected chi connectivity index (χ1v) is 9.09. The van der Waals surface area contributed by atoms with Gasteiger partial charge in [-0.3, -0.25) is 9.36 Å². The van der Waals surface area contributed by atoms with Gasteiger partial charge in [0, 0.05) is 38.0 Å². The quantitative estimate of drug-likeness (QED) is 0.854. The van der Waals surface area contributed by atoms with E-state index in [4.69, 9.17) is 0 Å². The fraction of sp³-hybridized carbons (Fsp3) is 0.824. The molecular weight excluding hydrogens is 292 g/mol. The van der Waals surface area contributed by atoms with Crippen molar-refractivity contribution in [1.29, 1.82) is 0 Å². The number of amides is 1. The molecule has 2 heterocycles. The number of aryl methyl sites for hydroxylation is 1. The van der Waals surface area contributed by atoms with Crippen LogP contribution in [0.25, 0.3) is 0 Å². The standard InChI is InChI=1S/C17H26N4O2/c1-19-17(23)21(14-6-7-14)15(18-19)12-8-10-20(11-9-12)16(22)13-4-2-3-5-13/h12-14H,2-11H2,1H3. The summed E-state index contributed by atoms with van der Waals surface area (Å²) in [6.45, 7) is 1.63. The normalized spacial score (nSPS) is 23.6. The molecule has 1 saturated heterocycles. The molecule has 0 bridgehead atoms. The first-order chi connectivity index (χ1) is 11.1. The van der Waals surface area contributed by atoms with Gasteiger partial charge in [0.1, 0.15) is 5.82 Å². The second kappa shape index (κ2) is 5.80. The van der Waals surface area contributed by atoms with Crippen molar-refractivity contribution >= 4 is 5.91 Å². The Labute approximate surface area is 136 Å². The van der Waals surface area contributed by atoms with Gasteiger partial charge in [-0.2, -0.15) is 5.10 Å². The minimum atomic E-state index is 0.0203. The van der Waals surface area contributed by atoms with E-state index in [2.05, 4.69) is 10.00 Å². The molecule has 6 heteroatoms. The molecule has 126 valence electrons. The van der Waals surface area contributed by atoms with E-state index in [9.17, 15) is 9.59 Å². The fourth-order valence-electron chi connectivity index (χ4n) is 4.24. The maximum atomic E-state index is 12.5. The van der Waals surface area contributed by atoms with Gasteiger partial charge in [0.05, 0.1) is 0 Å². The Balaban J connectivity index is 1.45. The van der Waals surface area contributed by atoms with Crippen LogP contribution in [0.4, 0.5) is 0 Å². The summed E-state index contributed by atoms with van der Waals surface area (Å²) in [5, 5.41) is 4.51. The molecule has 6 nitrogen and oxygen atoms in total. The van der Waals surface area contributed by atoms with Crippen molar-refractivity contribution < 1.29 is 4.79 Å². The molecule has 0 spiro atoms. The summed E-state index contributed by atoms with van der Waals surface area (Å²) >= 11 is 0. The SMILES string of the molecule is Cn1nc(C2CCN(C(=O)C3CCCC3)CC2)n(C2CC2)c1=O. The lowest BCUT2D eigenvalue weighted by Crippen LogP contribution is -2.41. The Morgan fingerprint density at radius 3 is 2.30 bits per heavy atom. The van der Waals surface area contributed by atoms with Crippen LogP contribution in [0.2, 0.25) is 0 Å². The van der Waals surface area contributed by atoms with Crippen molar-refractivity contribution in [2.45, 2.75) is 63.3 Å². The first kappa shape index (κ1) is 15.0. The molecular formula is C17H26N4O2. The van der Waals surface area contributed by atoms with Gasteiger partial charge in [-0.05, 0) is 38.5 Å². The molecule has 2 saturated carbocycles. The lowest BCUT2D eigenvalue weighted by molar-refractivity contribution is -0.136. The Kier molecular flexibility index (Phi) is 3.77. The van der Waals surface area contributed by atoms with Gasteiger partial charge < -0.3 is 4.90 Å². The number of hydrogen-bond acceptors (Lipinski definition) is 3. The highest BCUT2D eigenvalue weighted by Crippen LogP contribution is 2.38. The number of likely N-dealkylation sites (tertiary alicyclic amines) is 1. The third kappa shape index (κ3) is 2.72. The van der Waals surface area contributed by atoms with E-state index in [0.717, 1.165) is 57.4 Å². The second-order valence-electron chi connectivity index (χ2n) is 7.45. The smallest absolute Gasteiger partial charge is 0.342 e. The number of rotatable bonds is 3. The van der Waals surface area contributed by atoms with Crippen LogP contribution >= 0.6 is 0 Å². The van der Waals surface area contributed by atoms with E-state index >= 15 is 0 Å². The van der Waals surface area contributed by atoms with Gasteiger partial charge in [0.2, 0.25) is 5.91 Å². The predicted octanol–water partition coefficient (Wildman–Crippen LogP) is 1.81. The molecule has 0 atom stereocenters. The summed E-state index contributed by atoms with van der Waals surface area (Å²) in [5.41, 5.74) is 0.0203. The molecule has 0 N–H and O–H groups in total. The third-order valence-electron chi connectivity index (χ3n) is 5.77. The average molecular weight is 318 g/mol. The molecule has 3 aliphatic rings. The molecule has 3 fully saturated rings. The molecule has 1 aliphatic heterocycles. The predicted molar refractivity (Wildman–Crippen MR) is 86.3 cm³/mol. The first-order valence-electron chi connectivity index (χ1n) is 9.09. The average Bonchev–Trinajstić information content (AvgIpc) is 3.16. The number of aromatic nitrogens is 3. The van der Waals surface area contributed by atoms with Gasteiger partial charge in [0.15, 0.2) is 0 Å². The maximum absolute atomic E-state index is 12.5. The Hall–Kier alpha value is -1.59. The van der Waals surface area contributed by atoms with Crippen molar-refractivity contribution in [3.05, 3.63) is 16.3 Å². The van der Waals surface area contributed by atoms with E-state index in [0.29, 0.717) is 17.9 Å². The third-order valence-corrected chi connectivity index (χ3v) is 5.77. The van der Waals surface area contributed by atoms with Gasteiger partial charge in [-0.1, -0.05) is 12.8 Å². The lowest BCUT2D eigenvalue weighted by Gasteiger charge is -2.33. The van der Waals surface area contributed by atoms with Crippen molar-refractivity contribution in [3.63, 3.8) is 0 Å². The number of piperidine rings is 1. The Morgan fingerprint density at radius 1 is 1.04 bits per heavy atom. The largest absolute Gasteiger partial charge is 0.345 e. The van der Waals surface area contributed by atoms with E-state index in [1.807, 2.05) is 4.57 Å². The topological polar surface area (TPSA) is 60.1 Å². The number of nitrogens with zero attached hydrogens (tertiary/aromatic N) is 4. The van der Waals surface area contributed by atoms with Crippen LogP contribution in [0.5, 0.6) is 0 Å². The van der Waals surface area contributed by atoms with Crippen molar-refractivity contribution in [2.75, 3.05) is 13.1 Å². The van der Waals surface area contributed by atoms with Crippen molar-refractivity contribution in [1.82, 2.24) is 19.2 Å². The molecule has 1 aromatic rings. The fourth-order valence-corrected chi connectivity index (χ4v) is 4.24. The lowest BCUT2D eigenvalue weighted by atomic mass is 9.94. The highest BCUT2D eigenvalue weighted by Gasteiger charge is 2.35. The van der Waals surface area contributed by atoms with Crippen LogP contribution in [0.1, 0.15) is 69.2 Å². The molecule has 2 aliphatic carbocycles. The monoisotopic (exact) mass is 318 g/mol. The number of hydrogen-bond donors (Lipinski definition) is 0. The van der Waals surface area contributed by atoms with Crippen LogP contribution in [0.3, 0.4) is 0 Å². The highest BCUT2D eigenvalue weighted by atomic mass is 16.2. The zero-order valence-electron chi connectivity index (χ0n) is 13.9. The van der Waals surface area contributed by atoms with Crippen molar-refractivity contribution in [2.24, 2.45) is 13.0 Å². The summed E-state index contributed by atoms with van der Waals surface area (Å²) in [6.07, 6.45) is 8.60. The van der Waals surface area contributed by atoms with Crippen LogP contribution < -0.4 is 5.69 Å². The van der Waals surface area contributed by atoms with E-state index in [1.54, 1.807) is 7.05 Å². The number of carbonyl (C=O) groups is 1. The molecule has 0 radical (unpaired) electrons. The molecule has 4 rings (SSSR count). The summed E-state index contributed by atoms with van der Waals surface area (Å²) in [5.74, 6) is 1.90. The molecule has 1 aromatic heterocycles. The summed E-state index contributed by atoms with van der Waals surface area (Å²) in [7, 11) is 1.74. The summed E-state index contributed by atoms with van der Waals surface area (Å²) in [4.78, 5) is 26.8. The van der Waals surface area contributed by atoms with Crippen LogP contribution in [-0.4, -0.2) is 38.2 Å². The summed E-state index contributed by atoms with van der Waals surface area (Å²) in [6, 6.07) is 0.365. The van der Waals surface area contributed by atoms with Gasteiger partial charge in [0.25, 0.3) is 0 Å². The molecule has 1 amide bonds. The summed E-state index contributed by atoms with van der Waals surface area (Å²) < 4.78 is 3.39. The van der Waals surface area contributed by atoms with E-state index in [1.165, 1.54) is 17.5 Å². The van der Waals surface area contributed by atoms with Crippen LogP contribution in [0.15, 0.2) is 4.79 Å². The molecule has 0 aromatic carbocycles. The van der Waals surface area contributed by atoms with E-state index in [-0.39, 0.29) is 11.6 Å². The van der Waals surface area contributed by atoms with E-state index < -0.39 is 0 Å². The number of carbonyl (C=O) groups excluding carboxylic acids is 1. The zero-order chi connectivity index (χ0) is 16.0. The minimum Gasteiger partial charge on any atom is -0.342 e. The van der Waals surface area contributed by atoms with Gasteiger partial charge >= 0.3 is 5.69 Å². The van der Waals surface area contributed by atoms with Crippen molar-refractivity contribution in [3.8, 4) is 0 Å². The zero-order valence-corrected chi connectivity index (χ0v) is 13.9. The second-order valence-corrected chi connectivity index (χ2v) is 7.45. The van der Waals surface area contributed by atoms with Crippen LogP contribution in [0, 0.1) is 5.92 Å². The highest BCUT2D eigenvalue weighted by molar-refractivity contribution is 5.79. The Morgan fingerprint density at radius 2 is 1.70 bits per heavy atom. The van der Waals surface area contributed by atoms with Gasteiger partial charge in [-0.25, -0.2) is 9.48 Å².